The highest BCUT2D eigenvalue weighted by atomic mass is 35.5. The van der Waals surface area contributed by atoms with Gasteiger partial charge in [-0.2, -0.15) is 0 Å². The van der Waals surface area contributed by atoms with Crippen molar-refractivity contribution in [2.45, 2.75) is 45.3 Å². The molecule has 2 aliphatic rings. The van der Waals surface area contributed by atoms with E-state index in [1.807, 2.05) is 0 Å². The molecule has 2 aromatic carbocycles. The monoisotopic (exact) mass is 511 g/mol. The van der Waals surface area contributed by atoms with Crippen molar-refractivity contribution in [3.05, 3.63) is 64.0 Å². The van der Waals surface area contributed by atoms with E-state index in [1.54, 1.807) is 0 Å². The predicted molar refractivity (Wildman–Crippen MR) is 128 cm³/mol. The number of halogens is 4. The molecule has 0 bridgehead atoms. The van der Waals surface area contributed by atoms with E-state index >= 15 is 0 Å². The van der Waals surface area contributed by atoms with Crippen LogP contribution in [0.15, 0.2) is 24.3 Å². The van der Waals surface area contributed by atoms with Crippen LogP contribution in [0.2, 0.25) is 0 Å². The Balaban J connectivity index is 0.00000342. The first-order chi connectivity index (χ1) is 16.0. The van der Waals surface area contributed by atoms with Crippen molar-refractivity contribution in [2.75, 3.05) is 24.5 Å². The van der Waals surface area contributed by atoms with Crippen molar-refractivity contribution in [3.8, 4) is 0 Å². The fourth-order valence-electron chi connectivity index (χ4n) is 5.45. The molecule has 1 heterocycles. The van der Waals surface area contributed by atoms with Crippen molar-refractivity contribution >= 4 is 29.9 Å². The van der Waals surface area contributed by atoms with Gasteiger partial charge in [0.15, 0.2) is 0 Å². The van der Waals surface area contributed by atoms with Crippen LogP contribution in [0.4, 0.5) is 18.9 Å². The quantitative estimate of drug-likeness (QED) is 0.594. The summed E-state index contributed by atoms with van der Waals surface area (Å²) in [6, 6.07) is 3.96. The van der Waals surface area contributed by atoms with E-state index in [0.29, 0.717) is 18.2 Å². The molecule has 1 aliphatic heterocycles. The minimum atomic E-state index is -2.71. The van der Waals surface area contributed by atoms with E-state index in [4.69, 9.17) is 5.73 Å². The van der Waals surface area contributed by atoms with Crippen LogP contribution in [-0.2, 0) is 10.4 Å². The molecule has 0 aromatic heterocycles. The number of carbonyl (C=O) groups is 2. The van der Waals surface area contributed by atoms with E-state index in [-0.39, 0.29) is 47.2 Å². The molecule has 6 nitrogen and oxygen atoms in total. The summed E-state index contributed by atoms with van der Waals surface area (Å²) in [6.45, 7) is 7.70. The molecule has 2 aromatic rings. The Morgan fingerprint density at radius 1 is 1.11 bits per heavy atom. The summed E-state index contributed by atoms with van der Waals surface area (Å²) in [4.78, 5) is 29.1. The summed E-state index contributed by atoms with van der Waals surface area (Å²) in [5, 5.41) is 11.6. The average molecular weight is 512 g/mol. The standard InChI is InChI=1S/C25H28F3N3O3.ClH/c1-4-30(5-2)17-7-14(8-17)12-31-20-9-15(23(29)32)6-13(3)21(20)25(34,24(31)33)22-18(27)10-16(26)11-19(22)28;/h6,9-11,14,17,34H,4-5,7-8,12H2,1-3H3,(H2,29,32);1H. The van der Waals surface area contributed by atoms with Crippen molar-refractivity contribution in [2.24, 2.45) is 11.7 Å². The third-order valence-corrected chi connectivity index (χ3v) is 7.16. The number of amides is 2. The maximum atomic E-state index is 14.8. The van der Waals surface area contributed by atoms with E-state index in [0.717, 1.165) is 25.9 Å². The topological polar surface area (TPSA) is 86.9 Å². The Labute approximate surface area is 208 Å². The first-order valence-electron chi connectivity index (χ1n) is 11.4. The van der Waals surface area contributed by atoms with E-state index in [2.05, 4.69) is 18.7 Å². The van der Waals surface area contributed by atoms with Gasteiger partial charge >= 0.3 is 0 Å². The first kappa shape index (κ1) is 27.0. The minimum absolute atomic E-state index is 0. The number of hydrogen-bond donors (Lipinski definition) is 2. The van der Waals surface area contributed by atoms with Crippen molar-refractivity contribution in [3.63, 3.8) is 0 Å². The molecule has 35 heavy (non-hydrogen) atoms. The maximum Gasteiger partial charge on any atom is 0.268 e. The molecule has 1 aliphatic carbocycles. The summed E-state index contributed by atoms with van der Waals surface area (Å²) < 4.78 is 43.2. The summed E-state index contributed by atoms with van der Waals surface area (Å²) in [7, 11) is 0. The van der Waals surface area contributed by atoms with Crippen LogP contribution in [0.25, 0.3) is 0 Å². The second-order valence-corrected chi connectivity index (χ2v) is 9.13. The lowest BCUT2D eigenvalue weighted by Gasteiger charge is -2.43. The van der Waals surface area contributed by atoms with Crippen LogP contribution in [0.5, 0.6) is 0 Å². The van der Waals surface area contributed by atoms with Crippen LogP contribution >= 0.6 is 12.4 Å². The van der Waals surface area contributed by atoms with Crippen molar-refractivity contribution < 1.29 is 27.9 Å². The number of primary amides is 1. The fourth-order valence-corrected chi connectivity index (χ4v) is 5.45. The molecule has 4 rings (SSSR count). The van der Waals surface area contributed by atoms with Gasteiger partial charge in [0.05, 0.1) is 11.3 Å². The van der Waals surface area contributed by atoms with Gasteiger partial charge in [0.1, 0.15) is 17.5 Å². The van der Waals surface area contributed by atoms with Crippen molar-refractivity contribution in [1.29, 1.82) is 0 Å². The van der Waals surface area contributed by atoms with E-state index < -0.39 is 40.4 Å². The van der Waals surface area contributed by atoms with Gasteiger partial charge in [-0.3, -0.25) is 9.59 Å². The van der Waals surface area contributed by atoms with Crippen molar-refractivity contribution in [1.82, 2.24) is 4.90 Å². The second kappa shape index (κ2) is 9.79. The number of carbonyl (C=O) groups excluding carboxylic acids is 2. The Hall–Kier alpha value is -2.62. The second-order valence-electron chi connectivity index (χ2n) is 9.13. The zero-order chi connectivity index (χ0) is 24.9. The number of hydrogen-bond acceptors (Lipinski definition) is 4. The molecule has 1 fully saturated rings. The molecular formula is C25H29ClF3N3O3. The highest BCUT2D eigenvalue weighted by Gasteiger charge is 2.55. The average Bonchev–Trinajstić information content (AvgIpc) is 2.93. The summed E-state index contributed by atoms with van der Waals surface area (Å²) in [6.07, 6.45) is 1.65. The van der Waals surface area contributed by atoms with Gasteiger partial charge in [0.25, 0.3) is 5.91 Å². The normalized spacial score (nSPS) is 23.2. The summed E-state index contributed by atoms with van der Waals surface area (Å²) in [5.41, 5.74) is 2.31. The Kier molecular flexibility index (Phi) is 7.55. The Bertz CT molecular complexity index is 1150. The van der Waals surface area contributed by atoms with Gasteiger partial charge in [-0.25, -0.2) is 13.2 Å². The zero-order valence-electron chi connectivity index (χ0n) is 19.8. The van der Waals surface area contributed by atoms with Gasteiger partial charge in [0, 0.05) is 35.8 Å². The number of benzene rings is 2. The molecule has 1 atom stereocenters. The van der Waals surface area contributed by atoms with Crippen LogP contribution in [-0.4, -0.2) is 47.5 Å². The predicted octanol–water partition coefficient (Wildman–Crippen LogP) is 3.64. The van der Waals surface area contributed by atoms with Gasteiger partial charge in [-0.05, 0) is 56.5 Å². The smallest absolute Gasteiger partial charge is 0.268 e. The lowest BCUT2D eigenvalue weighted by atomic mass is 9.78. The number of nitrogens with two attached hydrogens (primary N) is 1. The Morgan fingerprint density at radius 2 is 1.69 bits per heavy atom. The molecule has 1 saturated carbocycles. The molecule has 0 spiro atoms. The molecule has 0 radical (unpaired) electrons. The zero-order valence-corrected chi connectivity index (χ0v) is 20.6. The van der Waals surface area contributed by atoms with E-state index in [9.17, 15) is 27.9 Å². The van der Waals surface area contributed by atoms with Crippen LogP contribution < -0.4 is 10.6 Å². The molecule has 10 heteroatoms. The minimum Gasteiger partial charge on any atom is -0.371 e. The van der Waals surface area contributed by atoms with Gasteiger partial charge in [-0.15, -0.1) is 12.4 Å². The highest BCUT2D eigenvalue weighted by Crippen LogP contribution is 2.49. The van der Waals surface area contributed by atoms with Crippen LogP contribution in [0.3, 0.4) is 0 Å². The summed E-state index contributed by atoms with van der Waals surface area (Å²) >= 11 is 0. The number of aryl methyl sites for hydroxylation is 1. The largest absolute Gasteiger partial charge is 0.371 e. The maximum absolute atomic E-state index is 14.8. The van der Waals surface area contributed by atoms with E-state index in [1.165, 1.54) is 24.0 Å². The number of rotatable bonds is 7. The van der Waals surface area contributed by atoms with Gasteiger partial charge < -0.3 is 20.6 Å². The third-order valence-electron chi connectivity index (χ3n) is 7.16. The van der Waals surface area contributed by atoms with Gasteiger partial charge in [0.2, 0.25) is 11.5 Å². The number of nitrogens with zero attached hydrogens (tertiary/aromatic N) is 2. The third kappa shape index (κ3) is 4.30. The number of aliphatic hydroxyl groups is 1. The highest BCUT2D eigenvalue weighted by molar-refractivity contribution is 6.11. The molecule has 2 amide bonds. The van der Waals surface area contributed by atoms with Crippen LogP contribution in [0, 0.1) is 30.3 Å². The first-order valence-corrected chi connectivity index (χ1v) is 11.4. The number of anilines is 1. The SMILES string of the molecule is CCN(CC)C1CC(CN2C(=O)C(O)(c3c(F)cc(F)cc3F)c3c(C)cc(C(N)=O)cc32)C1.Cl. The molecule has 3 N–H and O–H groups in total. The molecule has 190 valence electrons. The lowest BCUT2D eigenvalue weighted by molar-refractivity contribution is -0.133. The molecule has 1 unspecified atom stereocenters. The summed E-state index contributed by atoms with van der Waals surface area (Å²) in [5.74, 6) is -5.48. The molecule has 0 saturated heterocycles. The van der Waals surface area contributed by atoms with Crippen LogP contribution in [0.1, 0.15) is 53.7 Å². The fraction of sp³-hybridized carbons (Fsp3) is 0.440. The lowest BCUT2D eigenvalue weighted by Crippen LogP contribution is -2.50. The number of fused-ring (bicyclic) bond motifs is 1. The Morgan fingerprint density at radius 3 is 2.20 bits per heavy atom. The molecular weight excluding hydrogens is 483 g/mol. The van der Waals surface area contributed by atoms with Gasteiger partial charge in [-0.1, -0.05) is 13.8 Å².